The third kappa shape index (κ3) is 3.74. The van der Waals surface area contributed by atoms with Crippen molar-refractivity contribution in [3.05, 3.63) is 34.9 Å². The summed E-state index contributed by atoms with van der Waals surface area (Å²) in [6, 6.07) is 5.67. The van der Waals surface area contributed by atoms with Gasteiger partial charge in [-0.15, -0.1) is 0 Å². The minimum absolute atomic E-state index is 0.669. The predicted molar refractivity (Wildman–Crippen MR) is 82.4 cm³/mol. The van der Waals surface area contributed by atoms with Crippen molar-refractivity contribution in [2.75, 3.05) is 37.6 Å². The summed E-state index contributed by atoms with van der Waals surface area (Å²) < 4.78 is 0. The molecule has 0 spiro atoms. The van der Waals surface area contributed by atoms with Gasteiger partial charge < -0.3 is 14.9 Å². The molecule has 0 atom stereocenters. The summed E-state index contributed by atoms with van der Waals surface area (Å²) in [5.74, 6) is -0.958. The third-order valence-electron chi connectivity index (χ3n) is 3.55. The molecule has 0 unspecified atom stereocenters. The first-order valence-corrected chi connectivity index (χ1v) is 7.16. The summed E-state index contributed by atoms with van der Waals surface area (Å²) in [6.45, 7) is 7.30. The number of carboxylic acids is 1. The van der Waals surface area contributed by atoms with Crippen molar-refractivity contribution in [2.45, 2.75) is 6.92 Å². The Balaban J connectivity index is 2.08. The zero-order valence-electron chi connectivity index (χ0n) is 11.6. The van der Waals surface area contributed by atoms with Crippen molar-refractivity contribution in [1.29, 1.82) is 0 Å². The quantitative estimate of drug-likeness (QED) is 0.867. The van der Waals surface area contributed by atoms with Crippen LogP contribution in [0.4, 0.5) is 5.69 Å². The van der Waals surface area contributed by atoms with Crippen LogP contribution in [-0.2, 0) is 4.79 Å². The average Bonchev–Trinajstić information content (AvgIpc) is 2.45. The Hall–Kier alpha value is -1.52. The van der Waals surface area contributed by atoms with Gasteiger partial charge in [-0.05, 0) is 30.3 Å². The number of aliphatic carboxylic acids is 1. The number of hydrogen-bond donors (Lipinski definition) is 1. The van der Waals surface area contributed by atoms with Gasteiger partial charge in [0.15, 0.2) is 0 Å². The highest BCUT2D eigenvalue weighted by Crippen LogP contribution is 2.28. The van der Waals surface area contributed by atoms with Crippen LogP contribution < -0.4 is 4.90 Å². The van der Waals surface area contributed by atoms with Gasteiger partial charge in [-0.2, -0.15) is 0 Å². The lowest BCUT2D eigenvalue weighted by molar-refractivity contribution is -0.131. The molecule has 4 nitrogen and oxygen atoms in total. The van der Waals surface area contributed by atoms with E-state index in [9.17, 15) is 4.79 Å². The predicted octanol–water partition coefficient (Wildman–Crippen LogP) is 2.58. The van der Waals surface area contributed by atoms with E-state index in [4.69, 9.17) is 16.7 Å². The summed E-state index contributed by atoms with van der Waals surface area (Å²) in [5, 5.41) is 9.29. The maximum absolute atomic E-state index is 10.5. The standard InChI is InChI=1S/C15H19ClN2O2/c1-2-17-7-9-18(10-8-17)14-5-3-12(11-13(14)16)4-6-15(19)20/h3-6,11H,2,7-10H2,1H3,(H,19,20)/b6-4+. The summed E-state index contributed by atoms with van der Waals surface area (Å²) >= 11 is 6.31. The minimum atomic E-state index is -0.958. The Bertz CT molecular complexity index is 509. The molecule has 0 bridgehead atoms. The Labute approximate surface area is 124 Å². The van der Waals surface area contributed by atoms with Crippen LogP contribution in [0.15, 0.2) is 24.3 Å². The van der Waals surface area contributed by atoms with Gasteiger partial charge in [0.2, 0.25) is 0 Å². The maximum Gasteiger partial charge on any atom is 0.328 e. The van der Waals surface area contributed by atoms with Crippen LogP contribution in [0.1, 0.15) is 12.5 Å². The first-order chi connectivity index (χ1) is 9.60. The normalized spacial score (nSPS) is 16.8. The number of benzene rings is 1. The molecule has 1 aliphatic rings. The third-order valence-corrected chi connectivity index (χ3v) is 3.85. The Kier molecular flexibility index (Phi) is 5.04. The number of likely N-dealkylation sites (N-methyl/N-ethyl adjacent to an activating group) is 1. The number of halogens is 1. The molecule has 108 valence electrons. The molecular formula is C15H19ClN2O2. The fraction of sp³-hybridized carbons (Fsp3) is 0.400. The van der Waals surface area contributed by atoms with Crippen molar-refractivity contribution in [3.8, 4) is 0 Å². The van der Waals surface area contributed by atoms with Crippen molar-refractivity contribution in [3.63, 3.8) is 0 Å². The van der Waals surface area contributed by atoms with E-state index in [2.05, 4.69) is 16.7 Å². The Morgan fingerprint density at radius 3 is 2.60 bits per heavy atom. The number of nitrogens with zero attached hydrogens (tertiary/aromatic N) is 2. The second-order valence-electron chi connectivity index (χ2n) is 4.80. The zero-order valence-corrected chi connectivity index (χ0v) is 12.3. The van der Waals surface area contributed by atoms with Crippen molar-refractivity contribution in [2.24, 2.45) is 0 Å². The largest absolute Gasteiger partial charge is 0.478 e. The summed E-state index contributed by atoms with van der Waals surface area (Å²) in [6.07, 6.45) is 2.67. The molecule has 1 N–H and O–H groups in total. The molecular weight excluding hydrogens is 276 g/mol. The zero-order chi connectivity index (χ0) is 14.5. The van der Waals surface area contributed by atoms with E-state index in [0.29, 0.717) is 5.02 Å². The SMILES string of the molecule is CCN1CCN(c2ccc(/C=C/C(=O)O)cc2Cl)CC1. The number of rotatable bonds is 4. The van der Waals surface area contributed by atoms with Crippen LogP contribution >= 0.6 is 11.6 Å². The highest BCUT2D eigenvalue weighted by Gasteiger charge is 2.17. The molecule has 1 aromatic carbocycles. The van der Waals surface area contributed by atoms with Crippen LogP contribution in [0.3, 0.4) is 0 Å². The van der Waals surface area contributed by atoms with E-state index in [-0.39, 0.29) is 0 Å². The van der Waals surface area contributed by atoms with Gasteiger partial charge in [-0.25, -0.2) is 4.79 Å². The van der Waals surface area contributed by atoms with Gasteiger partial charge in [-0.3, -0.25) is 0 Å². The number of carbonyl (C=O) groups is 1. The molecule has 0 aromatic heterocycles. The monoisotopic (exact) mass is 294 g/mol. The van der Waals surface area contributed by atoms with Gasteiger partial charge in [0.1, 0.15) is 0 Å². The van der Waals surface area contributed by atoms with Crippen molar-refractivity contribution < 1.29 is 9.90 Å². The van der Waals surface area contributed by atoms with Gasteiger partial charge in [0.25, 0.3) is 0 Å². The average molecular weight is 295 g/mol. The first kappa shape index (κ1) is 14.9. The molecule has 5 heteroatoms. The Morgan fingerprint density at radius 1 is 1.35 bits per heavy atom. The van der Waals surface area contributed by atoms with E-state index in [0.717, 1.165) is 50.1 Å². The molecule has 1 saturated heterocycles. The van der Waals surface area contributed by atoms with Crippen LogP contribution in [0.5, 0.6) is 0 Å². The molecule has 2 rings (SSSR count). The first-order valence-electron chi connectivity index (χ1n) is 6.78. The van der Waals surface area contributed by atoms with Crippen LogP contribution in [-0.4, -0.2) is 48.7 Å². The molecule has 1 aliphatic heterocycles. The molecule has 0 amide bonds. The number of piperazine rings is 1. The summed E-state index contributed by atoms with van der Waals surface area (Å²) in [4.78, 5) is 15.2. The molecule has 1 fully saturated rings. The summed E-state index contributed by atoms with van der Waals surface area (Å²) in [7, 11) is 0. The number of carboxylic acid groups (broad SMARTS) is 1. The second-order valence-corrected chi connectivity index (χ2v) is 5.21. The smallest absolute Gasteiger partial charge is 0.328 e. The lowest BCUT2D eigenvalue weighted by Gasteiger charge is -2.36. The molecule has 0 saturated carbocycles. The van der Waals surface area contributed by atoms with Gasteiger partial charge in [0, 0.05) is 32.3 Å². The van der Waals surface area contributed by atoms with Gasteiger partial charge in [0.05, 0.1) is 10.7 Å². The molecule has 1 heterocycles. The highest BCUT2D eigenvalue weighted by atomic mass is 35.5. The lowest BCUT2D eigenvalue weighted by Crippen LogP contribution is -2.46. The van der Waals surface area contributed by atoms with Crippen LogP contribution in [0.2, 0.25) is 5.02 Å². The molecule has 0 radical (unpaired) electrons. The van der Waals surface area contributed by atoms with E-state index in [1.54, 1.807) is 6.08 Å². The number of anilines is 1. The van der Waals surface area contributed by atoms with E-state index in [1.165, 1.54) is 0 Å². The Morgan fingerprint density at radius 2 is 2.05 bits per heavy atom. The fourth-order valence-electron chi connectivity index (χ4n) is 2.36. The highest BCUT2D eigenvalue weighted by molar-refractivity contribution is 6.33. The fourth-order valence-corrected chi connectivity index (χ4v) is 2.66. The van der Waals surface area contributed by atoms with Crippen molar-refractivity contribution in [1.82, 2.24) is 4.90 Å². The van der Waals surface area contributed by atoms with Crippen LogP contribution in [0.25, 0.3) is 6.08 Å². The molecule has 1 aromatic rings. The molecule has 20 heavy (non-hydrogen) atoms. The lowest BCUT2D eigenvalue weighted by atomic mass is 10.1. The maximum atomic E-state index is 10.5. The van der Waals surface area contributed by atoms with Gasteiger partial charge in [-0.1, -0.05) is 24.6 Å². The van der Waals surface area contributed by atoms with E-state index >= 15 is 0 Å². The summed E-state index contributed by atoms with van der Waals surface area (Å²) in [5.41, 5.74) is 1.82. The van der Waals surface area contributed by atoms with Gasteiger partial charge >= 0.3 is 5.97 Å². The van der Waals surface area contributed by atoms with E-state index < -0.39 is 5.97 Å². The number of hydrogen-bond acceptors (Lipinski definition) is 3. The molecule has 0 aliphatic carbocycles. The van der Waals surface area contributed by atoms with Crippen LogP contribution in [0, 0.1) is 0 Å². The topological polar surface area (TPSA) is 43.8 Å². The van der Waals surface area contributed by atoms with Crippen molar-refractivity contribution >= 4 is 29.3 Å². The van der Waals surface area contributed by atoms with E-state index in [1.807, 2.05) is 18.2 Å². The second kappa shape index (κ2) is 6.77. The minimum Gasteiger partial charge on any atom is -0.478 e.